The summed E-state index contributed by atoms with van der Waals surface area (Å²) in [6, 6.07) is 12.7. The number of para-hydroxylation sites is 2. The number of amides is 1. The van der Waals surface area contributed by atoms with Crippen LogP contribution in [0.3, 0.4) is 0 Å². The first-order chi connectivity index (χ1) is 11.1. The Bertz CT molecular complexity index is 662. The average Bonchev–Trinajstić information content (AvgIpc) is 2.54. The molecule has 0 radical (unpaired) electrons. The lowest BCUT2D eigenvalue weighted by molar-refractivity contribution is -0.0493. The van der Waals surface area contributed by atoms with Gasteiger partial charge in [-0.05, 0) is 36.8 Å². The molecule has 0 aliphatic heterocycles. The molecule has 1 amide bonds. The van der Waals surface area contributed by atoms with Crippen LogP contribution < -0.4 is 14.8 Å². The highest BCUT2D eigenvalue weighted by molar-refractivity contribution is 6.05. The zero-order valence-electron chi connectivity index (χ0n) is 12.6. The van der Waals surface area contributed by atoms with Crippen LogP contribution in [0.1, 0.15) is 23.7 Å². The molecule has 0 aliphatic carbocycles. The molecule has 122 valence electrons. The molecule has 2 aromatic carbocycles. The quantitative estimate of drug-likeness (QED) is 0.826. The monoisotopic (exact) mass is 321 g/mol. The Labute approximate surface area is 133 Å². The number of carbonyl (C=O) groups excluding carboxylic acids is 1. The van der Waals surface area contributed by atoms with Gasteiger partial charge in [0.1, 0.15) is 11.5 Å². The van der Waals surface area contributed by atoms with Crippen molar-refractivity contribution in [1.29, 1.82) is 0 Å². The van der Waals surface area contributed by atoms with Crippen LogP contribution in [0.2, 0.25) is 0 Å². The summed E-state index contributed by atoms with van der Waals surface area (Å²) in [4.78, 5) is 12.3. The predicted octanol–water partition coefficient (Wildman–Crippen LogP) is 4.33. The molecule has 2 aromatic rings. The van der Waals surface area contributed by atoms with Crippen molar-refractivity contribution in [2.75, 3.05) is 11.9 Å². The van der Waals surface area contributed by atoms with E-state index in [1.54, 1.807) is 36.4 Å². The summed E-state index contributed by atoms with van der Waals surface area (Å²) in [5.74, 6) is 0.0584. The molecule has 6 heteroatoms. The second-order valence-corrected chi connectivity index (χ2v) is 4.71. The fourth-order valence-corrected chi connectivity index (χ4v) is 1.91. The lowest BCUT2D eigenvalue weighted by atomic mass is 10.2. The van der Waals surface area contributed by atoms with Crippen molar-refractivity contribution in [3.63, 3.8) is 0 Å². The number of rotatable bonds is 7. The number of alkyl halides is 2. The Morgan fingerprint density at radius 3 is 2.70 bits per heavy atom. The van der Waals surface area contributed by atoms with Crippen LogP contribution in [0.25, 0.3) is 0 Å². The van der Waals surface area contributed by atoms with E-state index >= 15 is 0 Å². The second-order valence-electron chi connectivity index (χ2n) is 4.71. The van der Waals surface area contributed by atoms with E-state index < -0.39 is 12.5 Å². The lowest BCUT2D eigenvalue weighted by Gasteiger charge is -2.12. The number of benzene rings is 2. The number of anilines is 1. The SMILES string of the molecule is CCCOc1cccc(C(=O)Nc2ccccc2OC(F)F)c1. The molecule has 0 saturated carbocycles. The maximum absolute atomic E-state index is 12.4. The zero-order valence-corrected chi connectivity index (χ0v) is 12.6. The van der Waals surface area contributed by atoms with Crippen LogP contribution in [0.5, 0.6) is 11.5 Å². The molecule has 2 rings (SSSR count). The van der Waals surface area contributed by atoms with E-state index in [4.69, 9.17) is 4.74 Å². The average molecular weight is 321 g/mol. The molecule has 0 unspecified atom stereocenters. The fraction of sp³-hybridized carbons (Fsp3) is 0.235. The zero-order chi connectivity index (χ0) is 16.7. The standard InChI is InChI=1S/C17H17F2NO3/c1-2-10-22-13-7-5-6-12(11-13)16(21)20-14-8-3-4-9-15(14)23-17(18)19/h3-9,11,17H,2,10H2,1H3,(H,20,21). The number of hydrogen-bond acceptors (Lipinski definition) is 3. The van der Waals surface area contributed by atoms with Gasteiger partial charge in [0, 0.05) is 5.56 Å². The summed E-state index contributed by atoms with van der Waals surface area (Å²) in [5.41, 5.74) is 0.545. The molecule has 23 heavy (non-hydrogen) atoms. The number of halogens is 2. The predicted molar refractivity (Wildman–Crippen MR) is 83.3 cm³/mol. The molecule has 0 bridgehead atoms. The smallest absolute Gasteiger partial charge is 0.387 e. The highest BCUT2D eigenvalue weighted by Crippen LogP contribution is 2.26. The molecule has 0 saturated heterocycles. The third-order valence-electron chi connectivity index (χ3n) is 2.92. The van der Waals surface area contributed by atoms with Gasteiger partial charge in [0.05, 0.1) is 12.3 Å². The van der Waals surface area contributed by atoms with Gasteiger partial charge in [-0.15, -0.1) is 0 Å². The first kappa shape index (κ1) is 16.7. The van der Waals surface area contributed by atoms with Gasteiger partial charge in [0.2, 0.25) is 0 Å². The van der Waals surface area contributed by atoms with Gasteiger partial charge in [-0.25, -0.2) is 0 Å². The molecular weight excluding hydrogens is 304 g/mol. The Kier molecular flexibility index (Phi) is 5.91. The van der Waals surface area contributed by atoms with E-state index in [0.717, 1.165) is 6.42 Å². The van der Waals surface area contributed by atoms with Gasteiger partial charge >= 0.3 is 6.61 Å². The van der Waals surface area contributed by atoms with E-state index in [2.05, 4.69) is 10.1 Å². The van der Waals surface area contributed by atoms with Crippen molar-refractivity contribution >= 4 is 11.6 Å². The Hall–Kier alpha value is -2.63. The van der Waals surface area contributed by atoms with E-state index in [0.29, 0.717) is 17.9 Å². The summed E-state index contributed by atoms with van der Waals surface area (Å²) in [6.07, 6.45) is 0.856. The molecule has 0 spiro atoms. The largest absolute Gasteiger partial charge is 0.494 e. The van der Waals surface area contributed by atoms with Gasteiger partial charge in [-0.1, -0.05) is 25.1 Å². The minimum Gasteiger partial charge on any atom is -0.494 e. The van der Waals surface area contributed by atoms with Gasteiger partial charge in [0.25, 0.3) is 5.91 Å². The van der Waals surface area contributed by atoms with Crippen molar-refractivity contribution < 1.29 is 23.0 Å². The maximum Gasteiger partial charge on any atom is 0.387 e. The second kappa shape index (κ2) is 8.12. The van der Waals surface area contributed by atoms with Crippen LogP contribution in [0.15, 0.2) is 48.5 Å². The maximum atomic E-state index is 12.4. The molecular formula is C17H17F2NO3. The molecule has 0 atom stereocenters. The molecule has 0 aromatic heterocycles. The van der Waals surface area contributed by atoms with Gasteiger partial charge in [-0.3, -0.25) is 4.79 Å². The van der Waals surface area contributed by atoms with Crippen molar-refractivity contribution in [3.8, 4) is 11.5 Å². The molecule has 0 heterocycles. The number of ether oxygens (including phenoxy) is 2. The Morgan fingerprint density at radius 2 is 1.96 bits per heavy atom. The van der Waals surface area contributed by atoms with Gasteiger partial charge < -0.3 is 14.8 Å². The summed E-state index contributed by atoms with van der Waals surface area (Å²) in [7, 11) is 0. The Morgan fingerprint density at radius 1 is 1.17 bits per heavy atom. The number of nitrogens with one attached hydrogen (secondary N) is 1. The Balaban J connectivity index is 2.13. The van der Waals surface area contributed by atoms with Gasteiger partial charge in [-0.2, -0.15) is 8.78 Å². The third-order valence-corrected chi connectivity index (χ3v) is 2.92. The first-order valence-electron chi connectivity index (χ1n) is 7.18. The van der Waals surface area contributed by atoms with Crippen LogP contribution in [0, 0.1) is 0 Å². The topological polar surface area (TPSA) is 47.6 Å². The normalized spacial score (nSPS) is 10.4. The molecule has 4 nitrogen and oxygen atoms in total. The first-order valence-corrected chi connectivity index (χ1v) is 7.18. The highest BCUT2D eigenvalue weighted by atomic mass is 19.3. The highest BCUT2D eigenvalue weighted by Gasteiger charge is 2.13. The summed E-state index contributed by atoms with van der Waals surface area (Å²) >= 11 is 0. The summed E-state index contributed by atoms with van der Waals surface area (Å²) in [6.45, 7) is -0.425. The van der Waals surface area contributed by atoms with E-state index in [1.165, 1.54) is 12.1 Å². The van der Waals surface area contributed by atoms with Crippen molar-refractivity contribution in [3.05, 3.63) is 54.1 Å². The number of hydrogen-bond donors (Lipinski definition) is 1. The molecule has 0 aliphatic rings. The van der Waals surface area contributed by atoms with Crippen molar-refractivity contribution in [2.45, 2.75) is 20.0 Å². The summed E-state index contributed by atoms with van der Waals surface area (Å²) < 4.78 is 34.6. The molecule has 0 fully saturated rings. The van der Waals surface area contributed by atoms with Crippen LogP contribution in [0.4, 0.5) is 14.5 Å². The third kappa shape index (κ3) is 4.95. The van der Waals surface area contributed by atoms with E-state index in [-0.39, 0.29) is 11.4 Å². The molecule has 1 N–H and O–H groups in total. The number of carbonyl (C=O) groups is 1. The summed E-state index contributed by atoms with van der Waals surface area (Å²) in [5, 5.41) is 2.56. The van der Waals surface area contributed by atoms with Crippen LogP contribution >= 0.6 is 0 Å². The van der Waals surface area contributed by atoms with Crippen molar-refractivity contribution in [1.82, 2.24) is 0 Å². The van der Waals surface area contributed by atoms with Gasteiger partial charge in [0.15, 0.2) is 0 Å². The van der Waals surface area contributed by atoms with Crippen LogP contribution in [-0.4, -0.2) is 19.1 Å². The minimum absolute atomic E-state index is 0.0887. The van der Waals surface area contributed by atoms with Crippen molar-refractivity contribution in [2.24, 2.45) is 0 Å². The van der Waals surface area contributed by atoms with E-state index in [9.17, 15) is 13.6 Å². The fourth-order valence-electron chi connectivity index (χ4n) is 1.91. The lowest BCUT2D eigenvalue weighted by Crippen LogP contribution is -2.14. The minimum atomic E-state index is -2.96. The van der Waals surface area contributed by atoms with E-state index in [1.807, 2.05) is 6.92 Å². The van der Waals surface area contributed by atoms with Crippen LogP contribution in [-0.2, 0) is 0 Å².